The summed E-state index contributed by atoms with van der Waals surface area (Å²) in [5, 5.41) is 3.36. The number of hydrogen-bond donors (Lipinski definition) is 1. The molecule has 1 aliphatic carbocycles. The second-order valence-corrected chi connectivity index (χ2v) is 9.94. The van der Waals surface area contributed by atoms with E-state index in [9.17, 15) is 9.18 Å². The number of nitrogens with one attached hydrogen (secondary N) is 1. The monoisotopic (exact) mass is 475 g/mol. The Morgan fingerprint density at radius 2 is 1.57 bits per heavy atom. The van der Waals surface area contributed by atoms with E-state index < -0.39 is 0 Å². The number of carbonyl (C=O) groups excluding carboxylic acids is 1. The molecule has 0 unspecified atom stereocenters. The lowest BCUT2D eigenvalue weighted by atomic mass is 9.75. The zero-order chi connectivity index (χ0) is 24.6. The highest BCUT2D eigenvalue weighted by molar-refractivity contribution is 6.03. The molecule has 35 heavy (non-hydrogen) atoms. The highest BCUT2D eigenvalue weighted by atomic mass is 19.1. The predicted octanol–water partition coefficient (Wildman–Crippen LogP) is 4.85. The lowest BCUT2D eigenvalue weighted by Gasteiger charge is -2.37. The van der Waals surface area contributed by atoms with Crippen LogP contribution in [0.4, 0.5) is 27.5 Å². The largest absolute Gasteiger partial charge is 0.497 e. The Kier molecular flexibility index (Phi) is 6.05. The molecule has 0 radical (unpaired) electrons. The van der Waals surface area contributed by atoms with E-state index in [4.69, 9.17) is 14.7 Å². The van der Waals surface area contributed by atoms with Gasteiger partial charge in [-0.2, -0.15) is 4.98 Å². The molecule has 1 saturated heterocycles. The highest BCUT2D eigenvalue weighted by Crippen LogP contribution is 2.38. The van der Waals surface area contributed by atoms with Crippen molar-refractivity contribution in [2.75, 3.05) is 48.4 Å². The molecular weight excluding hydrogens is 445 g/mol. The van der Waals surface area contributed by atoms with Gasteiger partial charge in [-0.15, -0.1) is 0 Å². The molecule has 2 aliphatic rings. The van der Waals surface area contributed by atoms with Gasteiger partial charge in [0.05, 0.1) is 18.4 Å². The van der Waals surface area contributed by atoms with Gasteiger partial charge < -0.3 is 19.9 Å². The van der Waals surface area contributed by atoms with Crippen LogP contribution in [0.1, 0.15) is 36.3 Å². The van der Waals surface area contributed by atoms with Crippen molar-refractivity contribution in [2.45, 2.75) is 26.7 Å². The molecule has 0 spiro atoms. The number of rotatable bonds is 5. The average Bonchev–Trinajstić information content (AvgIpc) is 2.84. The molecule has 1 N–H and O–H groups in total. The Morgan fingerprint density at radius 3 is 2.23 bits per heavy atom. The lowest BCUT2D eigenvalue weighted by Crippen LogP contribution is -2.47. The molecule has 0 bridgehead atoms. The minimum Gasteiger partial charge on any atom is -0.497 e. The Bertz CT molecular complexity index is 1220. The summed E-state index contributed by atoms with van der Waals surface area (Å²) < 4.78 is 18.6. The number of Topliss-reactive ketones (excluding diaryl/α,β-unsaturated/α-hetero) is 1. The van der Waals surface area contributed by atoms with Crippen molar-refractivity contribution >= 4 is 28.9 Å². The summed E-state index contributed by atoms with van der Waals surface area (Å²) in [6.45, 7) is 7.22. The maximum atomic E-state index is 13.3. The number of carbonyl (C=O) groups is 1. The molecule has 182 valence electrons. The number of benzene rings is 2. The molecule has 1 fully saturated rings. The van der Waals surface area contributed by atoms with E-state index in [-0.39, 0.29) is 17.0 Å². The molecule has 2 heterocycles. The number of methoxy groups -OCH3 is 1. The van der Waals surface area contributed by atoms with E-state index in [0.29, 0.717) is 23.8 Å². The van der Waals surface area contributed by atoms with Crippen LogP contribution < -0.4 is 19.9 Å². The Labute approximate surface area is 204 Å². The van der Waals surface area contributed by atoms with Crippen molar-refractivity contribution in [3.63, 3.8) is 0 Å². The predicted molar refractivity (Wildman–Crippen MR) is 136 cm³/mol. The number of fused-ring (bicyclic) bond motifs is 1. The summed E-state index contributed by atoms with van der Waals surface area (Å²) in [6.07, 6.45) is 1.19. The third-order valence-corrected chi connectivity index (χ3v) is 6.64. The van der Waals surface area contributed by atoms with Crippen LogP contribution in [0.3, 0.4) is 0 Å². The van der Waals surface area contributed by atoms with E-state index in [0.717, 1.165) is 55.4 Å². The molecule has 1 aliphatic heterocycles. The van der Waals surface area contributed by atoms with Crippen LogP contribution in [-0.4, -0.2) is 49.0 Å². The minimum absolute atomic E-state index is 0.0694. The number of ketones is 1. The van der Waals surface area contributed by atoms with Crippen LogP contribution in [0.15, 0.2) is 48.5 Å². The van der Waals surface area contributed by atoms with Crippen molar-refractivity contribution in [1.82, 2.24) is 9.97 Å². The fraction of sp³-hybridized carbons (Fsp3) is 0.370. The van der Waals surface area contributed by atoms with Crippen molar-refractivity contribution in [2.24, 2.45) is 5.41 Å². The number of nitrogens with zero attached hydrogens (tertiary/aromatic N) is 4. The molecule has 1 aromatic heterocycles. The van der Waals surface area contributed by atoms with Gasteiger partial charge in [0.1, 0.15) is 17.4 Å². The van der Waals surface area contributed by atoms with E-state index in [1.807, 2.05) is 36.4 Å². The van der Waals surface area contributed by atoms with Crippen LogP contribution in [0.2, 0.25) is 0 Å². The van der Waals surface area contributed by atoms with Crippen molar-refractivity contribution in [1.29, 1.82) is 0 Å². The number of halogens is 1. The summed E-state index contributed by atoms with van der Waals surface area (Å²) in [4.78, 5) is 27.3. The first-order chi connectivity index (χ1) is 16.8. The quantitative estimate of drug-likeness (QED) is 0.566. The lowest BCUT2D eigenvalue weighted by molar-refractivity contribution is 0.0911. The number of aromatic nitrogens is 2. The van der Waals surface area contributed by atoms with Crippen LogP contribution in [0, 0.1) is 11.2 Å². The SMILES string of the molecule is COc1ccc(Nc2nc(N3CCN(c4ccc(F)cc4)CC3)nc3c2C(=O)CC(C)(C)C3)cc1. The summed E-state index contributed by atoms with van der Waals surface area (Å²) in [5.74, 6) is 1.78. The van der Waals surface area contributed by atoms with Gasteiger partial charge in [-0.3, -0.25) is 4.79 Å². The molecule has 2 aromatic carbocycles. The summed E-state index contributed by atoms with van der Waals surface area (Å²) in [7, 11) is 1.63. The topological polar surface area (TPSA) is 70.6 Å². The molecule has 0 saturated carbocycles. The number of piperazine rings is 1. The van der Waals surface area contributed by atoms with Crippen molar-refractivity contribution in [3.8, 4) is 5.75 Å². The van der Waals surface area contributed by atoms with Gasteiger partial charge >= 0.3 is 0 Å². The Hall–Kier alpha value is -3.68. The number of anilines is 4. The normalized spacial score (nSPS) is 17.2. The summed E-state index contributed by atoms with van der Waals surface area (Å²) in [6, 6.07) is 14.2. The van der Waals surface area contributed by atoms with E-state index in [1.54, 1.807) is 7.11 Å². The average molecular weight is 476 g/mol. The number of ether oxygens (including phenoxy) is 1. The molecular formula is C27H30FN5O2. The minimum atomic E-state index is -0.232. The maximum absolute atomic E-state index is 13.3. The molecule has 0 atom stereocenters. The van der Waals surface area contributed by atoms with Crippen molar-refractivity contribution in [3.05, 3.63) is 65.6 Å². The standard InChI is InChI=1S/C27H30FN5O2/c1-27(2)16-22-24(23(34)17-27)25(29-19-6-10-21(35-3)11-7-19)31-26(30-22)33-14-12-32(13-15-33)20-8-4-18(28)5-9-20/h4-11H,12-17H2,1-3H3,(H,29,30,31). The first-order valence-electron chi connectivity index (χ1n) is 11.9. The number of hydrogen-bond acceptors (Lipinski definition) is 7. The third-order valence-electron chi connectivity index (χ3n) is 6.64. The fourth-order valence-electron chi connectivity index (χ4n) is 4.81. The van der Waals surface area contributed by atoms with Crippen LogP contribution in [0.5, 0.6) is 5.75 Å². The highest BCUT2D eigenvalue weighted by Gasteiger charge is 2.35. The van der Waals surface area contributed by atoms with Gasteiger partial charge in [0.15, 0.2) is 5.78 Å². The Morgan fingerprint density at radius 1 is 0.914 bits per heavy atom. The Balaban J connectivity index is 1.43. The first-order valence-corrected chi connectivity index (χ1v) is 11.9. The van der Waals surface area contributed by atoms with Gasteiger partial charge in [0, 0.05) is 44.0 Å². The van der Waals surface area contributed by atoms with Gasteiger partial charge in [-0.1, -0.05) is 13.8 Å². The molecule has 8 heteroatoms. The van der Waals surface area contributed by atoms with Gasteiger partial charge in [-0.25, -0.2) is 9.37 Å². The van der Waals surface area contributed by atoms with Gasteiger partial charge in [0.2, 0.25) is 5.95 Å². The smallest absolute Gasteiger partial charge is 0.227 e. The summed E-state index contributed by atoms with van der Waals surface area (Å²) >= 11 is 0. The second-order valence-electron chi connectivity index (χ2n) is 9.94. The van der Waals surface area contributed by atoms with Crippen LogP contribution >= 0.6 is 0 Å². The van der Waals surface area contributed by atoms with Gasteiger partial charge in [0.25, 0.3) is 0 Å². The van der Waals surface area contributed by atoms with Crippen LogP contribution in [0.25, 0.3) is 0 Å². The fourth-order valence-corrected chi connectivity index (χ4v) is 4.81. The molecule has 5 rings (SSSR count). The van der Waals surface area contributed by atoms with E-state index >= 15 is 0 Å². The van der Waals surface area contributed by atoms with E-state index in [2.05, 4.69) is 29.0 Å². The molecule has 0 amide bonds. The molecule has 3 aromatic rings. The van der Waals surface area contributed by atoms with Crippen LogP contribution in [-0.2, 0) is 6.42 Å². The molecule has 7 nitrogen and oxygen atoms in total. The summed E-state index contributed by atoms with van der Waals surface area (Å²) in [5.41, 5.74) is 3.08. The third kappa shape index (κ3) is 4.92. The van der Waals surface area contributed by atoms with E-state index in [1.165, 1.54) is 12.1 Å². The zero-order valence-electron chi connectivity index (χ0n) is 20.3. The first kappa shape index (κ1) is 23.1. The maximum Gasteiger partial charge on any atom is 0.227 e. The van der Waals surface area contributed by atoms with Gasteiger partial charge in [-0.05, 0) is 60.4 Å². The van der Waals surface area contributed by atoms with Crippen molar-refractivity contribution < 1.29 is 13.9 Å². The zero-order valence-corrected chi connectivity index (χ0v) is 20.3. The second kappa shape index (κ2) is 9.17.